The van der Waals surface area contributed by atoms with Crippen LogP contribution in [0, 0.1) is 5.92 Å². The molecule has 1 aliphatic carbocycles. The number of ether oxygens (including phenoxy) is 1. The van der Waals surface area contributed by atoms with Crippen LogP contribution in [0.2, 0.25) is 0 Å². The Morgan fingerprint density at radius 2 is 2.56 bits per heavy atom. The Balaban J connectivity index is 1.96. The minimum Gasteiger partial charge on any atom is -0.465 e. The summed E-state index contributed by atoms with van der Waals surface area (Å²) in [6.45, 7) is 3.10. The van der Waals surface area contributed by atoms with Gasteiger partial charge in [-0.3, -0.25) is 5.32 Å². The fraction of sp³-hybridized carbons (Fsp3) is 0.636. The van der Waals surface area contributed by atoms with Crippen molar-refractivity contribution in [1.29, 1.82) is 0 Å². The van der Waals surface area contributed by atoms with Crippen LogP contribution < -0.4 is 5.32 Å². The standard InChI is InChI=1S/C11H16N2O2S/c1-2-15-11(14)9(10-12-5-6-16-10)13-7-8-3-4-8/h5-6,8-9,13H,2-4,7H2,1H3. The van der Waals surface area contributed by atoms with Gasteiger partial charge in [0, 0.05) is 11.6 Å². The van der Waals surface area contributed by atoms with E-state index in [9.17, 15) is 4.79 Å². The van der Waals surface area contributed by atoms with Gasteiger partial charge in [-0.15, -0.1) is 11.3 Å². The molecule has 0 saturated heterocycles. The summed E-state index contributed by atoms with van der Waals surface area (Å²) in [5.41, 5.74) is 0. The highest BCUT2D eigenvalue weighted by Gasteiger charge is 2.28. The van der Waals surface area contributed by atoms with E-state index in [4.69, 9.17) is 4.74 Å². The molecule has 0 bridgehead atoms. The molecule has 1 heterocycles. The molecule has 4 nitrogen and oxygen atoms in total. The van der Waals surface area contributed by atoms with Crippen molar-refractivity contribution < 1.29 is 9.53 Å². The van der Waals surface area contributed by atoms with Gasteiger partial charge in [0.15, 0.2) is 6.04 Å². The SMILES string of the molecule is CCOC(=O)C(NCC1CC1)c1nccs1. The maximum absolute atomic E-state index is 11.8. The molecule has 88 valence electrons. The van der Waals surface area contributed by atoms with E-state index < -0.39 is 0 Å². The van der Waals surface area contributed by atoms with E-state index in [0.29, 0.717) is 6.61 Å². The minimum atomic E-state index is -0.388. The molecule has 2 rings (SSSR count). The van der Waals surface area contributed by atoms with Gasteiger partial charge < -0.3 is 4.74 Å². The molecule has 16 heavy (non-hydrogen) atoms. The second-order valence-electron chi connectivity index (χ2n) is 3.91. The summed E-state index contributed by atoms with van der Waals surface area (Å²) in [5, 5.41) is 5.91. The summed E-state index contributed by atoms with van der Waals surface area (Å²) in [4.78, 5) is 15.9. The first kappa shape index (κ1) is 11.5. The van der Waals surface area contributed by atoms with E-state index in [0.717, 1.165) is 17.5 Å². The summed E-state index contributed by atoms with van der Waals surface area (Å²) < 4.78 is 5.05. The molecule has 0 radical (unpaired) electrons. The number of aromatic nitrogens is 1. The molecular formula is C11H16N2O2S. The average Bonchev–Trinajstić information content (AvgIpc) is 2.93. The number of nitrogens with one attached hydrogen (secondary N) is 1. The first-order valence-electron chi connectivity index (χ1n) is 5.60. The maximum atomic E-state index is 11.8. The quantitative estimate of drug-likeness (QED) is 0.770. The Labute approximate surface area is 99.0 Å². The second-order valence-corrected chi connectivity index (χ2v) is 4.83. The van der Waals surface area contributed by atoms with Gasteiger partial charge in [-0.1, -0.05) is 0 Å². The zero-order chi connectivity index (χ0) is 11.4. The third-order valence-electron chi connectivity index (χ3n) is 2.53. The van der Waals surface area contributed by atoms with Gasteiger partial charge in [0.2, 0.25) is 0 Å². The van der Waals surface area contributed by atoms with Gasteiger partial charge in [-0.05, 0) is 32.2 Å². The van der Waals surface area contributed by atoms with E-state index in [1.807, 2.05) is 12.3 Å². The van der Waals surface area contributed by atoms with Crippen molar-refractivity contribution >= 4 is 17.3 Å². The first-order chi connectivity index (χ1) is 7.81. The van der Waals surface area contributed by atoms with Crippen LogP contribution in [0.25, 0.3) is 0 Å². The van der Waals surface area contributed by atoms with Crippen molar-refractivity contribution in [3.8, 4) is 0 Å². The molecule has 1 aromatic rings. The number of hydrogen-bond donors (Lipinski definition) is 1. The molecule has 1 fully saturated rings. The molecule has 1 unspecified atom stereocenters. The summed E-state index contributed by atoms with van der Waals surface area (Å²) in [6, 6.07) is -0.388. The molecule has 1 aliphatic rings. The molecular weight excluding hydrogens is 224 g/mol. The van der Waals surface area contributed by atoms with Crippen molar-refractivity contribution in [3.63, 3.8) is 0 Å². The van der Waals surface area contributed by atoms with Crippen molar-refractivity contribution in [2.24, 2.45) is 5.92 Å². The molecule has 0 amide bonds. The van der Waals surface area contributed by atoms with Crippen molar-refractivity contribution in [3.05, 3.63) is 16.6 Å². The van der Waals surface area contributed by atoms with Crippen LogP contribution >= 0.6 is 11.3 Å². The Morgan fingerprint density at radius 3 is 3.12 bits per heavy atom. The Morgan fingerprint density at radius 1 is 1.75 bits per heavy atom. The number of rotatable bonds is 6. The van der Waals surface area contributed by atoms with Crippen LogP contribution in [0.3, 0.4) is 0 Å². The lowest BCUT2D eigenvalue weighted by Crippen LogP contribution is -2.31. The average molecular weight is 240 g/mol. The number of esters is 1. The number of thiazole rings is 1. The van der Waals surface area contributed by atoms with Gasteiger partial charge >= 0.3 is 5.97 Å². The largest absolute Gasteiger partial charge is 0.465 e. The number of carbonyl (C=O) groups excluding carboxylic acids is 1. The van der Waals surface area contributed by atoms with Crippen LogP contribution in [-0.4, -0.2) is 24.1 Å². The smallest absolute Gasteiger partial charge is 0.330 e. The minimum absolute atomic E-state index is 0.224. The topological polar surface area (TPSA) is 51.2 Å². The molecule has 0 spiro atoms. The fourth-order valence-corrected chi connectivity index (χ4v) is 2.18. The van der Waals surface area contributed by atoms with Crippen molar-refractivity contribution in [2.75, 3.05) is 13.2 Å². The van der Waals surface area contributed by atoms with E-state index in [1.54, 1.807) is 6.20 Å². The van der Waals surface area contributed by atoms with E-state index >= 15 is 0 Å². The number of carbonyl (C=O) groups is 1. The third kappa shape index (κ3) is 3.02. The van der Waals surface area contributed by atoms with E-state index in [1.165, 1.54) is 24.2 Å². The maximum Gasteiger partial charge on any atom is 0.330 e. The predicted molar refractivity (Wildman–Crippen MR) is 62.2 cm³/mol. The van der Waals surface area contributed by atoms with Gasteiger partial charge in [-0.2, -0.15) is 0 Å². The van der Waals surface area contributed by atoms with Gasteiger partial charge in [0.1, 0.15) is 5.01 Å². The van der Waals surface area contributed by atoms with Gasteiger partial charge in [0.05, 0.1) is 6.61 Å². The Kier molecular flexibility index (Phi) is 3.90. The molecule has 1 saturated carbocycles. The zero-order valence-corrected chi connectivity index (χ0v) is 10.1. The molecule has 1 aromatic heterocycles. The lowest BCUT2D eigenvalue weighted by Gasteiger charge is -2.14. The number of hydrogen-bond acceptors (Lipinski definition) is 5. The first-order valence-corrected chi connectivity index (χ1v) is 6.48. The third-order valence-corrected chi connectivity index (χ3v) is 3.37. The normalized spacial score (nSPS) is 17.1. The van der Waals surface area contributed by atoms with Gasteiger partial charge in [0.25, 0.3) is 0 Å². The fourth-order valence-electron chi connectivity index (χ4n) is 1.48. The summed E-state index contributed by atoms with van der Waals surface area (Å²) in [5.74, 6) is 0.509. The summed E-state index contributed by atoms with van der Waals surface area (Å²) in [7, 11) is 0. The van der Waals surface area contributed by atoms with Crippen LogP contribution in [0.5, 0.6) is 0 Å². The van der Waals surface area contributed by atoms with Gasteiger partial charge in [-0.25, -0.2) is 9.78 Å². The van der Waals surface area contributed by atoms with Crippen molar-refractivity contribution in [1.82, 2.24) is 10.3 Å². The second kappa shape index (κ2) is 5.41. The lowest BCUT2D eigenvalue weighted by atomic mass is 10.3. The monoisotopic (exact) mass is 240 g/mol. The number of nitrogens with zero attached hydrogens (tertiary/aromatic N) is 1. The molecule has 0 aromatic carbocycles. The van der Waals surface area contributed by atoms with Crippen molar-refractivity contribution in [2.45, 2.75) is 25.8 Å². The highest BCUT2D eigenvalue weighted by Crippen LogP contribution is 2.29. The zero-order valence-electron chi connectivity index (χ0n) is 9.31. The van der Waals surface area contributed by atoms with Crippen LogP contribution in [0.15, 0.2) is 11.6 Å². The molecule has 1 atom stereocenters. The highest BCUT2D eigenvalue weighted by molar-refractivity contribution is 7.09. The summed E-state index contributed by atoms with van der Waals surface area (Å²) in [6.07, 6.45) is 4.24. The lowest BCUT2D eigenvalue weighted by molar-refractivity contribution is -0.145. The van der Waals surface area contributed by atoms with Crippen LogP contribution in [0.1, 0.15) is 30.8 Å². The highest BCUT2D eigenvalue weighted by atomic mass is 32.1. The molecule has 0 aliphatic heterocycles. The predicted octanol–water partition coefficient (Wildman–Crippen LogP) is 1.75. The Hall–Kier alpha value is -0.940. The molecule has 1 N–H and O–H groups in total. The molecule has 5 heteroatoms. The van der Waals surface area contributed by atoms with Crippen LogP contribution in [-0.2, 0) is 9.53 Å². The van der Waals surface area contributed by atoms with Crippen LogP contribution in [0.4, 0.5) is 0 Å². The summed E-state index contributed by atoms with van der Waals surface area (Å²) >= 11 is 1.48. The van der Waals surface area contributed by atoms with E-state index in [2.05, 4.69) is 10.3 Å². The van der Waals surface area contributed by atoms with E-state index in [-0.39, 0.29) is 12.0 Å². The Bertz CT molecular complexity index is 336.